The van der Waals surface area contributed by atoms with Gasteiger partial charge in [-0.05, 0) is 46.6 Å². The van der Waals surface area contributed by atoms with Crippen LogP contribution in [-0.4, -0.2) is 4.98 Å². The molecule has 0 saturated heterocycles. The smallest absolute Gasteiger partial charge is 0.138 e. The fourth-order valence-electron chi connectivity index (χ4n) is 1.25. The molecule has 0 aliphatic heterocycles. The van der Waals surface area contributed by atoms with E-state index in [1.54, 1.807) is 6.07 Å². The third-order valence-corrected chi connectivity index (χ3v) is 2.98. The summed E-state index contributed by atoms with van der Waals surface area (Å²) in [6.07, 6.45) is 0. The maximum absolute atomic E-state index is 13.2. The second-order valence-corrected chi connectivity index (χ2v) is 4.27. The minimum absolute atomic E-state index is 0.291. The molecule has 14 heavy (non-hydrogen) atoms. The molecule has 0 aliphatic rings. The average molecular weight is 275 g/mol. The van der Waals surface area contributed by atoms with Gasteiger partial charge in [-0.1, -0.05) is 11.6 Å². The maximum atomic E-state index is 13.2. The van der Waals surface area contributed by atoms with Crippen LogP contribution in [0.25, 0.3) is 10.9 Å². The summed E-state index contributed by atoms with van der Waals surface area (Å²) in [5, 5.41) is 1.21. The highest BCUT2D eigenvalue weighted by molar-refractivity contribution is 9.10. The number of aryl methyl sites for hydroxylation is 1. The number of rotatable bonds is 0. The van der Waals surface area contributed by atoms with Gasteiger partial charge >= 0.3 is 0 Å². The summed E-state index contributed by atoms with van der Waals surface area (Å²) in [7, 11) is 0. The van der Waals surface area contributed by atoms with Gasteiger partial charge in [0.15, 0.2) is 0 Å². The second-order valence-electron chi connectivity index (χ2n) is 3.06. The Morgan fingerprint density at radius 2 is 2.07 bits per heavy atom. The van der Waals surface area contributed by atoms with E-state index < -0.39 is 0 Å². The van der Waals surface area contributed by atoms with E-state index in [1.165, 1.54) is 6.07 Å². The van der Waals surface area contributed by atoms with E-state index in [2.05, 4.69) is 20.9 Å². The number of fused-ring (bicyclic) bond motifs is 1. The Morgan fingerprint density at radius 1 is 1.36 bits per heavy atom. The lowest BCUT2D eigenvalue weighted by Gasteiger charge is -2.02. The van der Waals surface area contributed by atoms with E-state index in [4.69, 9.17) is 11.6 Å². The monoisotopic (exact) mass is 273 g/mol. The molecule has 2 rings (SSSR count). The summed E-state index contributed by atoms with van der Waals surface area (Å²) in [6, 6.07) is 4.88. The van der Waals surface area contributed by atoms with Crippen LogP contribution >= 0.6 is 27.5 Å². The first kappa shape index (κ1) is 9.87. The Labute approximate surface area is 94.0 Å². The van der Waals surface area contributed by atoms with Gasteiger partial charge in [0.05, 0.1) is 9.99 Å². The normalized spacial score (nSPS) is 10.9. The number of hydrogen-bond donors (Lipinski definition) is 0. The minimum Gasteiger partial charge on any atom is -0.236 e. The molecule has 0 aliphatic carbocycles. The Hall–Kier alpha value is -0.670. The van der Waals surface area contributed by atoms with E-state index in [-0.39, 0.29) is 5.82 Å². The van der Waals surface area contributed by atoms with Gasteiger partial charge in [-0.15, -0.1) is 0 Å². The highest BCUT2D eigenvalue weighted by Crippen LogP contribution is 2.25. The number of benzene rings is 1. The molecule has 0 fully saturated rings. The largest absolute Gasteiger partial charge is 0.236 e. The molecule has 0 atom stereocenters. The number of nitrogens with zero attached hydrogens (tertiary/aromatic N) is 1. The lowest BCUT2D eigenvalue weighted by molar-refractivity contribution is 0.623. The van der Waals surface area contributed by atoms with Gasteiger partial charge < -0.3 is 0 Å². The van der Waals surface area contributed by atoms with Crippen molar-refractivity contribution in [2.75, 3.05) is 0 Å². The van der Waals surface area contributed by atoms with E-state index in [0.29, 0.717) is 15.1 Å². The third-order valence-electron chi connectivity index (χ3n) is 1.99. The SMILES string of the molecule is Cc1cc2cc(F)c(Br)cc2nc1Cl. The number of aromatic nitrogens is 1. The molecule has 0 amide bonds. The summed E-state index contributed by atoms with van der Waals surface area (Å²) in [5.74, 6) is -0.291. The van der Waals surface area contributed by atoms with E-state index in [0.717, 1.165) is 10.9 Å². The fourth-order valence-corrected chi connectivity index (χ4v) is 1.73. The minimum atomic E-state index is -0.291. The highest BCUT2D eigenvalue weighted by atomic mass is 79.9. The fraction of sp³-hybridized carbons (Fsp3) is 0.100. The predicted molar refractivity (Wildman–Crippen MR) is 59.1 cm³/mol. The molecule has 2 aromatic rings. The number of hydrogen-bond acceptors (Lipinski definition) is 1. The third kappa shape index (κ3) is 1.62. The van der Waals surface area contributed by atoms with Crippen LogP contribution in [0.4, 0.5) is 4.39 Å². The van der Waals surface area contributed by atoms with Gasteiger partial charge in [-0.25, -0.2) is 9.37 Å². The van der Waals surface area contributed by atoms with Gasteiger partial charge in [0, 0.05) is 5.39 Å². The molecule has 72 valence electrons. The van der Waals surface area contributed by atoms with Crippen molar-refractivity contribution in [3.05, 3.63) is 39.2 Å². The molecule has 4 heteroatoms. The molecular weight excluding hydrogens is 268 g/mol. The van der Waals surface area contributed by atoms with Gasteiger partial charge in [0.25, 0.3) is 0 Å². The van der Waals surface area contributed by atoms with Gasteiger partial charge in [-0.3, -0.25) is 0 Å². The zero-order valence-electron chi connectivity index (χ0n) is 7.31. The topological polar surface area (TPSA) is 12.9 Å². The van der Waals surface area contributed by atoms with E-state index in [1.807, 2.05) is 13.0 Å². The van der Waals surface area contributed by atoms with Gasteiger partial charge in [-0.2, -0.15) is 0 Å². The molecule has 1 heterocycles. The van der Waals surface area contributed by atoms with E-state index in [9.17, 15) is 4.39 Å². The van der Waals surface area contributed by atoms with Crippen molar-refractivity contribution in [1.29, 1.82) is 0 Å². The molecule has 0 N–H and O–H groups in total. The molecule has 0 bridgehead atoms. The maximum Gasteiger partial charge on any atom is 0.138 e. The van der Waals surface area contributed by atoms with Crippen molar-refractivity contribution in [2.45, 2.75) is 6.92 Å². The lowest BCUT2D eigenvalue weighted by atomic mass is 10.2. The van der Waals surface area contributed by atoms with Crippen molar-refractivity contribution in [1.82, 2.24) is 4.98 Å². The van der Waals surface area contributed by atoms with Crippen molar-refractivity contribution in [2.24, 2.45) is 0 Å². The Balaban J connectivity index is 2.83. The molecule has 0 unspecified atom stereocenters. The number of pyridine rings is 1. The van der Waals surface area contributed by atoms with Crippen LogP contribution in [0, 0.1) is 12.7 Å². The molecule has 0 saturated carbocycles. The predicted octanol–water partition coefficient (Wildman–Crippen LogP) is 4.10. The first-order valence-corrected chi connectivity index (χ1v) is 5.17. The van der Waals surface area contributed by atoms with Crippen LogP contribution in [0.1, 0.15) is 5.56 Å². The van der Waals surface area contributed by atoms with Crippen LogP contribution in [0.3, 0.4) is 0 Å². The Bertz CT molecular complexity index is 424. The average Bonchev–Trinajstić information content (AvgIpc) is 2.11. The summed E-state index contributed by atoms with van der Waals surface area (Å²) in [5.41, 5.74) is 1.54. The molecule has 1 aromatic heterocycles. The van der Waals surface area contributed by atoms with Crippen LogP contribution < -0.4 is 0 Å². The second kappa shape index (κ2) is 3.48. The Morgan fingerprint density at radius 3 is 2.79 bits per heavy atom. The lowest BCUT2D eigenvalue weighted by Crippen LogP contribution is -1.86. The van der Waals surface area contributed by atoms with Crippen LogP contribution in [0.5, 0.6) is 0 Å². The quantitative estimate of drug-likeness (QED) is 0.659. The van der Waals surface area contributed by atoms with Crippen LogP contribution in [-0.2, 0) is 0 Å². The van der Waals surface area contributed by atoms with Crippen molar-refractivity contribution in [3.63, 3.8) is 0 Å². The van der Waals surface area contributed by atoms with Crippen LogP contribution in [0.2, 0.25) is 5.15 Å². The molecular formula is C10H6BrClFN. The summed E-state index contributed by atoms with van der Waals surface area (Å²) < 4.78 is 13.6. The zero-order valence-corrected chi connectivity index (χ0v) is 9.66. The van der Waals surface area contributed by atoms with Crippen LogP contribution in [0.15, 0.2) is 22.7 Å². The molecule has 1 aromatic carbocycles. The number of halogens is 3. The summed E-state index contributed by atoms with van der Waals surface area (Å²) in [6.45, 7) is 1.84. The van der Waals surface area contributed by atoms with Crippen molar-refractivity contribution in [3.8, 4) is 0 Å². The van der Waals surface area contributed by atoms with Crippen molar-refractivity contribution >= 4 is 38.4 Å². The molecule has 0 spiro atoms. The summed E-state index contributed by atoms with van der Waals surface area (Å²) >= 11 is 8.96. The van der Waals surface area contributed by atoms with Crippen molar-refractivity contribution < 1.29 is 4.39 Å². The Kier molecular flexibility index (Phi) is 2.45. The standard InChI is InChI=1S/C10H6BrClFN/c1-5-2-6-3-8(13)7(11)4-9(6)14-10(5)12/h2-4H,1H3. The molecule has 0 radical (unpaired) electrons. The first-order chi connectivity index (χ1) is 6.58. The first-order valence-electron chi connectivity index (χ1n) is 4.00. The van der Waals surface area contributed by atoms with E-state index >= 15 is 0 Å². The van der Waals surface area contributed by atoms with Gasteiger partial charge in [0.1, 0.15) is 11.0 Å². The summed E-state index contributed by atoms with van der Waals surface area (Å²) in [4.78, 5) is 4.15. The molecule has 1 nitrogen and oxygen atoms in total. The van der Waals surface area contributed by atoms with Gasteiger partial charge in [0.2, 0.25) is 0 Å². The highest BCUT2D eigenvalue weighted by Gasteiger charge is 2.05. The zero-order chi connectivity index (χ0) is 10.3.